The largest absolute Gasteiger partial charge is 0.497 e. The van der Waals surface area contributed by atoms with Crippen molar-refractivity contribution in [2.24, 2.45) is 0 Å². The van der Waals surface area contributed by atoms with Crippen molar-refractivity contribution in [1.82, 2.24) is 19.6 Å². The van der Waals surface area contributed by atoms with E-state index in [1.807, 2.05) is 42.5 Å². The van der Waals surface area contributed by atoms with Gasteiger partial charge in [0.25, 0.3) is 5.91 Å². The van der Waals surface area contributed by atoms with Crippen LogP contribution < -0.4 is 15.0 Å². The lowest BCUT2D eigenvalue weighted by molar-refractivity contribution is 0.0947. The van der Waals surface area contributed by atoms with Gasteiger partial charge in [0.15, 0.2) is 0 Å². The van der Waals surface area contributed by atoms with Gasteiger partial charge in [0, 0.05) is 67.3 Å². The number of ether oxygens (including phenoxy) is 1. The number of aromatic nitrogens is 2. The van der Waals surface area contributed by atoms with Crippen LogP contribution in [0, 0.1) is 0 Å². The first-order valence-corrected chi connectivity index (χ1v) is 12.1. The Morgan fingerprint density at radius 3 is 2.75 bits per heavy atom. The summed E-state index contributed by atoms with van der Waals surface area (Å²) < 4.78 is 10.8. The van der Waals surface area contributed by atoms with Crippen molar-refractivity contribution in [2.75, 3.05) is 51.3 Å². The van der Waals surface area contributed by atoms with Gasteiger partial charge in [-0.05, 0) is 35.9 Å². The van der Waals surface area contributed by atoms with E-state index < -0.39 is 0 Å². The Bertz CT molecular complexity index is 1050. The molecular formula is C23H26BrN5O2S. The van der Waals surface area contributed by atoms with Gasteiger partial charge < -0.3 is 15.0 Å². The number of nitrogens with one attached hydrogen (secondary N) is 1. The van der Waals surface area contributed by atoms with Crippen LogP contribution >= 0.6 is 27.5 Å². The van der Waals surface area contributed by atoms with Gasteiger partial charge in [-0.3, -0.25) is 9.69 Å². The molecule has 0 spiro atoms. The molecule has 32 heavy (non-hydrogen) atoms. The molecule has 0 aliphatic carbocycles. The molecule has 3 aromatic rings. The van der Waals surface area contributed by atoms with Crippen LogP contribution in [0.4, 0.5) is 5.13 Å². The van der Waals surface area contributed by atoms with Crippen LogP contribution in [0.1, 0.15) is 21.7 Å². The fourth-order valence-electron chi connectivity index (χ4n) is 3.63. The number of piperazine rings is 1. The summed E-state index contributed by atoms with van der Waals surface area (Å²) >= 11 is 4.86. The van der Waals surface area contributed by atoms with Crippen molar-refractivity contribution in [3.05, 3.63) is 70.0 Å². The molecule has 1 aliphatic rings. The molecule has 1 amide bonds. The molecule has 4 rings (SSSR count). The highest BCUT2D eigenvalue weighted by Crippen LogP contribution is 2.21. The summed E-state index contributed by atoms with van der Waals surface area (Å²) in [6, 6.07) is 15.5. The zero-order valence-corrected chi connectivity index (χ0v) is 20.4. The molecule has 0 unspecified atom stereocenters. The molecule has 7 nitrogen and oxygen atoms in total. The molecule has 1 aliphatic heterocycles. The number of methoxy groups -OCH3 is 1. The highest BCUT2D eigenvalue weighted by atomic mass is 79.9. The van der Waals surface area contributed by atoms with E-state index >= 15 is 0 Å². The van der Waals surface area contributed by atoms with Gasteiger partial charge in [0.2, 0.25) is 5.13 Å². The van der Waals surface area contributed by atoms with Crippen LogP contribution in [0.2, 0.25) is 0 Å². The van der Waals surface area contributed by atoms with Crippen molar-refractivity contribution in [1.29, 1.82) is 0 Å². The molecule has 0 bridgehead atoms. The minimum absolute atomic E-state index is 0.0395. The highest BCUT2D eigenvalue weighted by Gasteiger charge is 2.20. The molecule has 1 fully saturated rings. The lowest BCUT2D eigenvalue weighted by Gasteiger charge is -2.34. The van der Waals surface area contributed by atoms with Gasteiger partial charge in [-0.2, -0.15) is 4.37 Å². The number of amides is 1. The highest BCUT2D eigenvalue weighted by molar-refractivity contribution is 9.10. The van der Waals surface area contributed by atoms with Crippen molar-refractivity contribution in [2.45, 2.75) is 6.42 Å². The first-order chi connectivity index (χ1) is 15.6. The van der Waals surface area contributed by atoms with Crippen molar-refractivity contribution in [3.8, 4) is 5.75 Å². The summed E-state index contributed by atoms with van der Waals surface area (Å²) in [5.41, 5.74) is 1.81. The van der Waals surface area contributed by atoms with Crippen LogP contribution in [0.15, 0.2) is 53.0 Å². The Labute approximate surface area is 200 Å². The molecule has 2 heterocycles. The smallest absolute Gasteiger partial charge is 0.251 e. The fourth-order valence-corrected chi connectivity index (χ4v) is 4.77. The Morgan fingerprint density at radius 2 is 1.97 bits per heavy atom. The Kier molecular flexibility index (Phi) is 7.72. The number of rotatable bonds is 8. The molecule has 1 saturated heterocycles. The summed E-state index contributed by atoms with van der Waals surface area (Å²) in [4.78, 5) is 21.7. The summed E-state index contributed by atoms with van der Waals surface area (Å²) in [5, 5.41) is 3.98. The molecule has 0 atom stereocenters. The van der Waals surface area contributed by atoms with Crippen molar-refractivity contribution < 1.29 is 9.53 Å². The first kappa shape index (κ1) is 22.7. The van der Waals surface area contributed by atoms with E-state index in [2.05, 4.69) is 41.5 Å². The molecule has 1 N–H and O–H groups in total. The quantitative estimate of drug-likeness (QED) is 0.495. The normalized spacial score (nSPS) is 14.4. The zero-order chi connectivity index (χ0) is 22.3. The van der Waals surface area contributed by atoms with Gasteiger partial charge >= 0.3 is 0 Å². The van der Waals surface area contributed by atoms with E-state index in [4.69, 9.17) is 9.72 Å². The number of carbonyl (C=O) groups excluding carboxylic acids is 1. The van der Waals surface area contributed by atoms with Crippen molar-refractivity contribution in [3.63, 3.8) is 0 Å². The van der Waals surface area contributed by atoms with Crippen LogP contribution in [0.3, 0.4) is 0 Å². The number of carbonyl (C=O) groups is 1. The van der Waals surface area contributed by atoms with Crippen LogP contribution in [-0.2, 0) is 6.42 Å². The average molecular weight is 516 g/mol. The SMILES string of the molecule is COc1cccc(Cc2nsc(N3CCN(CCNC(=O)c4cccc(Br)c4)CC3)n2)c1. The second kappa shape index (κ2) is 10.9. The van der Waals surface area contributed by atoms with E-state index in [1.165, 1.54) is 11.5 Å². The second-order valence-corrected chi connectivity index (χ2v) is 9.26. The lowest BCUT2D eigenvalue weighted by Crippen LogP contribution is -2.48. The van der Waals surface area contributed by atoms with Gasteiger partial charge in [0.1, 0.15) is 11.6 Å². The van der Waals surface area contributed by atoms with Gasteiger partial charge in [-0.1, -0.05) is 34.1 Å². The predicted molar refractivity (Wildman–Crippen MR) is 131 cm³/mol. The number of hydrogen-bond donors (Lipinski definition) is 1. The number of anilines is 1. The maximum Gasteiger partial charge on any atom is 0.251 e. The summed E-state index contributed by atoms with van der Waals surface area (Å²) in [6.07, 6.45) is 0.700. The third-order valence-corrected chi connectivity index (χ3v) is 6.71. The third-order valence-electron chi connectivity index (χ3n) is 5.40. The number of benzene rings is 2. The molecule has 1 aromatic heterocycles. The summed E-state index contributed by atoms with van der Waals surface area (Å²) in [7, 11) is 1.67. The van der Waals surface area contributed by atoms with Crippen LogP contribution in [0.5, 0.6) is 5.75 Å². The zero-order valence-electron chi connectivity index (χ0n) is 18.0. The monoisotopic (exact) mass is 515 g/mol. The molecule has 168 valence electrons. The standard InChI is InChI=1S/C23H26BrN5O2S/c1-31-20-7-2-4-17(14-20)15-21-26-23(32-27-21)29-12-10-28(11-13-29)9-8-25-22(30)18-5-3-6-19(24)16-18/h2-7,14,16H,8-13,15H2,1H3,(H,25,30). The number of nitrogens with zero attached hydrogens (tertiary/aromatic N) is 4. The summed E-state index contributed by atoms with van der Waals surface area (Å²) in [5.74, 6) is 1.65. The van der Waals surface area contributed by atoms with Crippen molar-refractivity contribution >= 4 is 38.5 Å². The number of halogens is 1. The summed E-state index contributed by atoms with van der Waals surface area (Å²) in [6.45, 7) is 5.18. The predicted octanol–water partition coefficient (Wildman–Crippen LogP) is 3.45. The van der Waals surface area contributed by atoms with E-state index in [-0.39, 0.29) is 5.91 Å². The van der Waals surface area contributed by atoms with Crippen LogP contribution in [0.25, 0.3) is 0 Å². The lowest BCUT2D eigenvalue weighted by atomic mass is 10.1. The maximum absolute atomic E-state index is 12.3. The fraction of sp³-hybridized carbons (Fsp3) is 0.348. The van der Waals surface area contributed by atoms with E-state index in [0.717, 1.165) is 59.5 Å². The maximum atomic E-state index is 12.3. The van der Waals surface area contributed by atoms with E-state index in [9.17, 15) is 4.79 Å². The average Bonchev–Trinajstić information content (AvgIpc) is 3.28. The van der Waals surface area contributed by atoms with Gasteiger partial charge in [-0.15, -0.1) is 0 Å². The first-order valence-electron chi connectivity index (χ1n) is 10.6. The molecule has 2 aromatic carbocycles. The Morgan fingerprint density at radius 1 is 1.16 bits per heavy atom. The molecule has 9 heteroatoms. The minimum Gasteiger partial charge on any atom is -0.497 e. The Hall–Kier alpha value is -2.49. The number of hydrogen-bond acceptors (Lipinski definition) is 7. The minimum atomic E-state index is -0.0395. The van der Waals surface area contributed by atoms with E-state index in [1.54, 1.807) is 7.11 Å². The molecular weight excluding hydrogens is 490 g/mol. The van der Waals surface area contributed by atoms with Crippen LogP contribution in [-0.4, -0.2) is 66.5 Å². The van der Waals surface area contributed by atoms with Gasteiger partial charge in [-0.25, -0.2) is 4.98 Å². The Balaban J connectivity index is 1.21. The van der Waals surface area contributed by atoms with E-state index in [0.29, 0.717) is 18.5 Å². The van der Waals surface area contributed by atoms with Gasteiger partial charge in [0.05, 0.1) is 7.11 Å². The second-order valence-electron chi connectivity index (χ2n) is 7.62. The topological polar surface area (TPSA) is 70.6 Å². The molecule has 0 saturated carbocycles. The molecule has 0 radical (unpaired) electrons. The third kappa shape index (κ3) is 6.05.